The highest BCUT2D eigenvalue weighted by molar-refractivity contribution is 7.13. The minimum absolute atomic E-state index is 0.223. The molecule has 4 heteroatoms. The maximum Gasteiger partial charge on any atom is 0.123 e. The fourth-order valence-corrected chi connectivity index (χ4v) is 3.41. The third-order valence-electron chi connectivity index (χ3n) is 3.84. The highest BCUT2D eigenvalue weighted by Crippen LogP contribution is 2.29. The molecule has 2 heterocycles. The van der Waals surface area contributed by atoms with Crippen molar-refractivity contribution in [2.24, 2.45) is 0 Å². The van der Waals surface area contributed by atoms with Crippen molar-refractivity contribution in [3.63, 3.8) is 0 Å². The molecule has 0 bridgehead atoms. The van der Waals surface area contributed by atoms with Crippen LogP contribution in [0, 0.1) is 5.82 Å². The van der Waals surface area contributed by atoms with Crippen LogP contribution < -0.4 is 0 Å². The van der Waals surface area contributed by atoms with Crippen molar-refractivity contribution in [2.45, 2.75) is 6.54 Å². The number of hydrogen-bond acceptors (Lipinski definition) is 2. The molecule has 0 aliphatic rings. The topological polar surface area (TPSA) is 17.8 Å². The maximum atomic E-state index is 13.5. The van der Waals surface area contributed by atoms with Crippen molar-refractivity contribution >= 4 is 11.3 Å². The molecule has 4 rings (SSSR count). The maximum absolute atomic E-state index is 13.5. The van der Waals surface area contributed by atoms with Gasteiger partial charge in [0.05, 0.1) is 17.1 Å². The van der Waals surface area contributed by atoms with Crippen LogP contribution >= 0.6 is 11.3 Å². The Balaban J connectivity index is 1.79. The molecule has 0 unspecified atom stereocenters. The van der Waals surface area contributed by atoms with Gasteiger partial charge in [0, 0.05) is 0 Å². The molecule has 4 aromatic rings. The minimum Gasteiger partial charge on any atom is -0.260 e. The molecule has 2 aromatic carbocycles. The Morgan fingerprint density at radius 2 is 1.79 bits per heavy atom. The summed E-state index contributed by atoms with van der Waals surface area (Å²) in [4.78, 5) is 1.13. The smallest absolute Gasteiger partial charge is 0.123 e. The predicted molar refractivity (Wildman–Crippen MR) is 96.5 cm³/mol. The second-order valence-corrected chi connectivity index (χ2v) is 6.49. The zero-order chi connectivity index (χ0) is 16.4. The molecule has 0 atom stereocenters. The van der Waals surface area contributed by atoms with Gasteiger partial charge < -0.3 is 0 Å². The third-order valence-corrected chi connectivity index (χ3v) is 4.74. The van der Waals surface area contributed by atoms with Crippen molar-refractivity contribution in [2.75, 3.05) is 0 Å². The van der Waals surface area contributed by atoms with Gasteiger partial charge in [-0.25, -0.2) is 4.39 Å². The zero-order valence-electron chi connectivity index (χ0n) is 12.9. The summed E-state index contributed by atoms with van der Waals surface area (Å²) in [7, 11) is 0. The molecule has 0 saturated heterocycles. The van der Waals surface area contributed by atoms with Crippen molar-refractivity contribution in [3.05, 3.63) is 89.6 Å². The Hall–Kier alpha value is -2.72. The molecule has 0 spiro atoms. The Morgan fingerprint density at radius 3 is 2.54 bits per heavy atom. The van der Waals surface area contributed by atoms with Crippen LogP contribution in [0.25, 0.3) is 21.8 Å². The van der Waals surface area contributed by atoms with Crippen molar-refractivity contribution in [1.29, 1.82) is 0 Å². The summed E-state index contributed by atoms with van der Waals surface area (Å²) in [5.41, 5.74) is 3.97. The molecule has 0 fully saturated rings. The van der Waals surface area contributed by atoms with Crippen LogP contribution in [0.3, 0.4) is 0 Å². The van der Waals surface area contributed by atoms with E-state index in [1.807, 2.05) is 40.4 Å². The number of hydrogen-bond donors (Lipinski definition) is 0. The van der Waals surface area contributed by atoms with Gasteiger partial charge in [-0.15, -0.1) is 11.3 Å². The van der Waals surface area contributed by atoms with E-state index in [4.69, 9.17) is 5.10 Å². The molecule has 0 radical (unpaired) electrons. The molecular formula is C20H15FN2S. The van der Waals surface area contributed by atoms with Crippen LogP contribution in [0.4, 0.5) is 4.39 Å². The van der Waals surface area contributed by atoms with Gasteiger partial charge in [-0.05, 0) is 40.8 Å². The monoisotopic (exact) mass is 334 g/mol. The van der Waals surface area contributed by atoms with Crippen LogP contribution in [0.2, 0.25) is 0 Å². The van der Waals surface area contributed by atoms with E-state index in [2.05, 4.69) is 24.3 Å². The van der Waals surface area contributed by atoms with Crippen LogP contribution in [0.15, 0.2) is 78.2 Å². The molecule has 2 nitrogen and oxygen atoms in total. The molecule has 2 aromatic heterocycles. The number of rotatable bonds is 4. The highest BCUT2D eigenvalue weighted by atomic mass is 32.1. The van der Waals surface area contributed by atoms with E-state index < -0.39 is 0 Å². The van der Waals surface area contributed by atoms with Gasteiger partial charge in [-0.1, -0.05) is 48.5 Å². The summed E-state index contributed by atoms with van der Waals surface area (Å²) in [5, 5.41) is 6.80. The second kappa shape index (κ2) is 6.42. The van der Waals surface area contributed by atoms with Crippen LogP contribution in [0.5, 0.6) is 0 Å². The summed E-state index contributed by atoms with van der Waals surface area (Å²) >= 11 is 1.67. The van der Waals surface area contributed by atoms with Gasteiger partial charge in [0.15, 0.2) is 0 Å². The first-order chi connectivity index (χ1) is 11.8. The standard InChI is InChI=1S/C20H15FN2S/c21-17-9-4-6-15(12-17)14-23-19(16-7-2-1-3-8-16)13-18(22-23)20-10-5-11-24-20/h1-13H,14H2. The van der Waals surface area contributed by atoms with Crippen molar-refractivity contribution < 1.29 is 4.39 Å². The van der Waals surface area contributed by atoms with Gasteiger partial charge in [0.25, 0.3) is 0 Å². The van der Waals surface area contributed by atoms with Gasteiger partial charge in [0.1, 0.15) is 11.5 Å². The van der Waals surface area contributed by atoms with Crippen LogP contribution in [-0.2, 0) is 6.54 Å². The zero-order valence-corrected chi connectivity index (χ0v) is 13.7. The van der Waals surface area contributed by atoms with Crippen molar-refractivity contribution in [3.8, 4) is 21.8 Å². The normalized spacial score (nSPS) is 10.9. The summed E-state index contributed by atoms with van der Waals surface area (Å²) < 4.78 is 15.4. The molecule has 0 amide bonds. The van der Waals surface area contributed by atoms with E-state index in [1.165, 1.54) is 6.07 Å². The minimum atomic E-state index is -0.223. The average molecular weight is 334 g/mol. The van der Waals surface area contributed by atoms with E-state index in [-0.39, 0.29) is 5.82 Å². The van der Waals surface area contributed by atoms with Gasteiger partial charge in [-0.2, -0.15) is 5.10 Å². The van der Waals surface area contributed by atoms with Crippen LogP contribution in [0.1, 0.15) is 5.56 Å². The number of aromatic nitrogens is 2. The molecule has 0 aliphatic carbocycles. The lowest BCUT2D eigenvalue weighted by Gasteiger charge is -2.08. The Kier molecular flexibility index (Phi) is 3.97. The number of benzene rings is 2. The lowest BCUT2D eigenvalue weighted by atomic mass is 10.1. The largest absolute Gasteiger partial charge is 0.260 e. The van der Waals surface area contributed by atoms with E-state index in [0.717, 1.165) is 27.4 Å². The first-order valence-electron chi connectivity index (χ1n) is 7.71. The Morgan fingerprint density at radius 1 is 0.917 bits per heavy atom. The van der Waals surface area contributed by atoms with E-state index in [0.29, 0.717) is 6.54 Å². The van der Waals surface area contributed by atoms with E-state index >= 15 is 0 Å². The first-order valence-corrected chi connectivity index (χ1v) is 8.59. The lowest BCUT2D eigenvalue weighted by Crippen LogP contribution is -2.04. The van der Waals surface area contributed by atoms with Gasteiger partial charge in [-0.3, -0.25) is 4.68 Å². The fourth-order valence-electron chi connectivity index (χ4n) is 2.73. The predicted octanol–water partition coefficient (Wildman–Crippen LogP) is 5.47. The molecule has 0 N–H and O–H groups in total. The first kappa shape index (κ1) is 14.8. The highest BCUT2D eigenvalue weighted by Gasteiger charge is 2.12. The summed E-state index contributed by atoms with van der Waals surface area (Å²) in [6, 6.07) is 23.0. The molecule has 0 saturated carbocycles. The van der Waals surface area contributed by atoms with Crippen LogP contribution in [-0.4, -0.2) is 9.78 Å². The summed E-state index contributed by atoms with van der Waals surface area (Å²) in [6.45, 7) is 0.535. The van der Waals surface area contributed by atoms with Gasteiger partial charge in [0.2, 0.25) is 0 Å². The Bertz CT molecular complexity index is 943. The SMILES string of the molecule is Fc1cccc(Cn2nc(-c3cccs3)cc2-c2ccccc2)c1. The molecular weight excluding hydrogens is 319 g/mol. The average Bonchev–Trinajstić information content (AvgIpc) is 3.25. The lowest BCUT2D eigenvalue weighted by molar-refractivity contribution is 0.620. The number of nitrogens with zero attached hydrogens (tertiary/aromatic N) is 2. The summed E-state index contributed by atoms with van der Waals surface area (Å²) in [6.07, 6.45) is 0. The van der Waals surface area contributed by atoms with E-state index in [9.17, 15) is 4.39 Å². The fraction of sp³-hybridized carbons (Fsp3) is 0.0500. The molecule has 0 aliphatic heterocycles. The quantitative estimate of drug-likeness (QED) is 0.484. The Labute approximate surface area is 143 Å². The van der Waals surface area contributed by atoms with Gasteiger partial charge >= 0.3 is 0 Å². The number of thiophene rings is 1. The van der Waals surface area contributed by atoms with E-state index in [1.54, 1.807) is 23.5 Å². The third kappa shape index (κ3) is 3.01. The number of halogens is 1. The molecule has 118 valence electrons. The molecule has 24 heavy (non-hydrogen) atoms. The second-order valence-electron chi connectivity index (χ2n) is 5.55. The summed E-state index contributed by atoms with van der Waals surface area (Å²) in [5.74, 6) is -0.223. The van der Waals surface area contributed by atoms with Crippen molar-refractivity contribution in [1.82, 2.24) is 9.78 Å².